The number of pyridine rings is 1. The molecule has 0 aliphatic rings. The van der Waals surface area contributed by atoms with Crippen LogP contribution in [0.25, 0.3) is 0 Å². The lowest BCUT2D eigenvalue weighted by molar-refractivity contribution is -0.128. The van der Waals surface area contributed by atoms with Gasteiger partial charge < -0.3 is 19.8 Å². The van der Waals surface area contributed by atoms with Gasteiger partial charge >= 0.3 is 0 Å². The summed E-state index contributed by atoms with van der Waals surface area (Å²) in [5, 5.41) is 9.65. The quantitative estimate of drug-likeness (QED) is 0.451. The number of aliphatic hydroxyl groups excluding tert-OH is 1. The molecule has 8 heteroatoms. The molecule has 0 aliphatic carbocycles. The molecule has 0 bridgehead atoms. The van der Waals surface area contributed by atoms with E-state index in [4.69, 9.17) is 16.7 Å². The highest BCUT2D eigenvalue weighted by Gasteiger charge is 2.28. The van der Waals surface area contributed by atoms with Gasteiger partial charge in [-0.25, -0.2) is 4.99 Å². The van der Waals surface area contributed by atoms with Gasteiger partial charge in [0.2, 0.25) is 0 Å². The van der Waals surface area contributed by atoms with Crippen LogP contribution in [0.4, 0.5) is 0 Å². The van der Waals surface area contributed by atoms with Crippen molar-refractivity contribution in [1.29, 1.82) is 0 Å². The molecule has 7 nitrogen and oxygen atoms in total. The van der Waals surface area contributed by atoms with Crippen LogP contribution in [0.5, 0.6) is 0 Å². The van der Waals surface area contributed by atoms with Gasteiger partial charge in [0, 0.05) is 39.5 Å². The highest BCUT2D eigenvalue weighted by atomic mass is 35.5. The van der Waals surface area contributed by atoms with Crippen LogP contribution in [-0.2, 0) is 11.3 Å². The van der Waals surface area contributed by atoms with Gasteiger partial charge in [0.25, 0.3) is 5.91 Å². The van der Waals surface area contributed by atoms with Gasteiger partial charge in [-0.1, -0.05) is 18.2 Å². The zero-order chi connectivity index (χ0) is 21.3. The summed E-state index contributed by atoms with van der Waals surface area (Å²) >= 11 is 5.94. The Labute approximate surface area is 172 Å². The number of hydrogen-bond acceptors (Lipinski definition) is 6. The third kappa shape index (κ3) is 6.35. The molecule has 1 N–H and O–H groups in total. The number of halogens is 1. The molecule has 0 spiro atoms. The predicted molar refractivity (Wildman–Crippen MR) is 114 cm³/mol. The fourth-order valence-electron chi connectivity index (χ4n) is 2.57. The van der Waals surface area contributed by atoms with Gasteiger partial charge in [-0.2, -0.15) is 0 Å². The molecule has 1 amide bonds. The number of hydrogen-bond donors (Lipinski definition) is 1. The summed E-state index contributed by atoms with van der Waals surface area (Å²) in [5.74, 6) is 0.186. The smallest absolute Gasteiger partial charge is 0.273 e. The fraction of sp³-hybridized carbons (Fsp3) is 0.450. The van der Waals surface area contributed by atoms with E-state index < -0.39 is 0 Å². The average molecular weight is 408 g/mol. The van der Waals surface area contributed by atoms with Crippen molar-refractivity contribution in [3.05, 3.63) is 53.3 Å². The van der Waals surface area contributed by atoms with Gasteiger partial charge in [-0.15, -0.1) is 0 Å². The molecule has 0 atom stereocenters. The molecule has 0 fully saturated rings. The third-order valence-corrected chi connectivity index (χ3v) is 4.43. The third-order valence-electron chi connectivity index (χ3n) is 4.20. The van der Waals surface area contributed by atoms with Crippen molar-refractivity contribution in [1.82, 2.24) is 19.7 Å². The van der Waals surface area contributed by atoms with Crippen molar-refractivity contribution in [2.45, 2.75) is 32.9 Å². The Morgan fingerprint density at radius 3 is 2.54 bits per heavy atom. The topological polar surface area (TPSA) is 72.3 Å². The summed E-state index contributed by atoms with van der Waals surface area (Å²) in [4.78, 5) is 26.9. The second kappa shape index (κ2) is 11.5. The molecule has 1 aromatic heterocycles. The first-order valence-corrected chi connectivity index (χ1v) is 9.44. The van der Waals surface area contributed by atoms with Crippen molar-refractivity contribution in [2.75, 3.05) is 27.2 Å². The number of carbonyl (C=O) groups is 1. The molecule has 154 valence electrons. The second-order valence-corrected chi connectivity index (χ2v) is 7.05. The Morgan fingerprint density at radius 2 is 2.07 bits per heavy atom. The summed E-state index contributed by atoms with van der Waals surface area (Å²) in [6, 6.07) is 3.58. The minimum absolute atomic E-state index is 0.0123. The Kier molecular flexibility index (Phi) is 9.68. The van der Waals surface area contributed by atoms with Crippen molar-refractivity contribution in [2.24, 2.45) is 4.99 Å². The predicted octanol–water partition coefficient (Wildman–Crippen LogP) is 2.73. The summed E-state index contributed by atoms with van der Waals surface area (Å²) in [7, 11) is 3.46. The maximum atomic E-state index is 13.3. The van der Waals surface area contributed by atoms with Crippen LogP contribution >= 0.6 is 11.6 Å². The van der Waals surface area contributed by atoms with E-state index in [0.717, 1.165) is 5.69 Å². The summed E-state index contributed by atoms with van der Waals surface area (Å²) < 4.78 is 0. The molecule has 28 heavy (non-hydrogen) atoms. The largest absolute Gasteiger partial charge is 0.396 e. The van der Waals surface area contributed by atoms with Gasteiger partial charge in [-0.05, 0) is 45.3 Å². The number of likely N-dealkylation sites (N-methyl/N-ethyl adjacent to an activating group) is 1. The lowest BCUT2D eigenvalue weighted by Crippen LogP contribution is -2.42. The van der Waals surface area contributed by atoms with E-state index in [1.165, 1.54) is 0 Å². The van der Waals surface area contributed by atoms with Gasteiger partial charge in [0.1, 0.15) is 5.70 Å². The minimum Gasteiger partial charge on any atom is -0.396 e. The van der Waals surface area contributed by atoms with Crippen LogP contribution in [0.2, 0.25) is 5.02 Å². The van der Waals surface area contributed by atoms with E-state index in [2.05, 4.69) is 23.3 Å². The zero-order valence-corrected chi connectivity index (χ0v) is 17.9. The van der Waals surface area contributed by atoms with Crippen LogP contribution < -0.4 is 0 Å². The molecule has 1 aromatic rings. The standard InChI is InChI=1S/C20H30ClN5O2/c1-7-24(5)19(22-4)18(20(28)25(6)11-8-12-27)26(15(2)3)14-17-10-9-16(21)13-23-17/h7,9-10,13,15,27H,1,4,8,11-12,14H2,2-3,5-6H3/b19-18+. The molecule has 0 unspecified atom stereocenters. The SMILES string of the molecule is C=CN(C)/C(N=C)=C(\C(=O)N(C)CCCO)N(Cc1ccc(Cl)cn1)C(C)C. The van der Waals surface area contributed by atoms with Crippen molar-refractivity contribution >= 4 is 24.2 Å². The second-order valence-electron chi connectivity index (χ2n) is 6.62. The number of amides is 1. The fourth-order valence-corrected chi connectivity index (χ4v) is 2.68. The monoisotopic (exact) mass is 407 g/mol. The van der Waals surface area contributed by atoms with E-state index in [1.807, 2.05) is 24.8 Å². The Balaban J connectivity index is 3.44. The first kappa shape index (κ1) is 23.7. The number of rotatable bonds is 11. The van der Waals surface area contributed by atoms with E-state index in [9.17, 15) is 4.79 Å². The normalized spacial score (nSPS) is 11.7. The molecule has 0 saturated heterocycles. The number of nitrogens with zero attached hydrogens (tertiary/aromatic N) is 5. The van der Waals surface area contributed by atoms with Crippen LogP contribution in [0.15, 0.2) is 47.6 Å². The number of aromatic nitrogens is 1. The molecule has 0 saturated carbocycles. The maximum Gasteiger partial charge on any atom is 0.273 e. The van der Waals surface area contributed by atoms with Crippen molar-refractivity contribution in [3.8, 4) is 0 Å². The first-order valence-electron chi connectivity index (χ1n) is 9.06. The molecular formula is C20H30ClN5O2. The lowest BCUT2D eigenvalue weighted by Gasteiger charge is -2.34. The van der Waals surface area contributed by atoms with Crippen LogP contribution in [0.3, 0.4) is 0 Å². The number of aliphatic imine (C=N–C) groups is 1. The molecule has 0 aliphatic heterocycles. The van der Waals surface area contributed by atoms with Crippen molar-refractivity contribution in [3.63, 3.8) is 0 Å². The van der Waals surface area contributed by atoms with E-state index >= 15 is 0 Å². The number of aliphatic hydroxyl groups is 1. The van der Waals surface area contributed by atoms with Crippen molar-refractivity contribution < 1.29 is 9.90 Å². The molecule has 1 heterocycles. The molecule has 0 aromatic carbocycles. The number of carbonyl (C=O) groups excluding carboxylic acids is 1. The maximum absolute atomic E-state index is 13.3. The van der Waals surface area contributed by atoms with Gasteiger partial charge in [0.15, 0.2) is 5.82 Å². The highest BCUT2D eigenvalue weighted by molar-refractivity contribution is 6.30. The van der Waals surface area contributed by atoms with E-state index in [-0.39, 0.29) is 18.6 Å². The average Bonchev–Trinajstić information content (AvgIpc) is 2.68. The minimum atomic E-state index is -0.216. The molecule has 1 rings (SSSR count). The van der Waals surface area contributed by atoms with Crippen LogP contribution in [0.1, 0.15) is 26.0 Å². The van der Waals surface area contributed by atoms with E-state index in [1.54, 1.807) is 42.4 Å². The summed E-state index contributed by atoms with van der Waals surface area (Å²) in [5.41, 5.74) is 1.16. The summed E-state index contributed by atoms with van der Waals surface area (Å²) in [6.07, 6.45) is 3.64. The zero-order valence-electron chi connectivity index (χ0n) is 17.1. The molecule has 0 radical (unpaired) electrons. The van der Waals surface area contributed by atoms with E-state index in [0.29, 0.717) is 36.1 Å². The lowest BCUT2D eigenvalue weighted by atomic mass is 10.2. The molecular weight excluding hydrogens is 378 g/mol. The van der Waals surface area contributed by atoms with Gasteiger partial charge in [-0.3, -0.25) is 9.78 Å². The Hall–Kier alpha value is -2.38. The Morgan fingerprint density at radius 1 is 1.39 bits per heavy atom. The Bertz CT molecular complexity index is 703. The first-order chi connectivity index (χ1) is 13.3. The van der Waals surface area contributed by atoms with Gasteiger partial charge in [0.05, 0.1) is 17.3 Å². The highest BCUT2D eigenvalue weighted by Crippen LogP contribution is 2.23. The summed E-state index contributed by atoms with van der Waals surface area (Å²) in [6.45, 7) is 12.2. The van der Waals surface area contributed by atoms with Crippen LogP contribution in [0, 0.1) is 0 Å². The van der Waals surface area contributed by atoms with Crippen LogP contribution in [-0.4, -0.2) is 70.7 Å².